The predicted molar refractivity (Wildman–Crippen MR) is 127 cm³/mol. The number of rotatable bonds is 7. The maximum atomic E-state index is 8.69. The molecule has 0 saturated carbocycles. The normalized spacial score (nSPS) is 10.7. The van der Waals surface area contributed by atoms with Crippen LogP contribution < -0.4 is 4.74 Å². The largest absolute Gasteiger partial charge is 0.489 e. The molecule has 0 spiro atoms. The summed E-state index contributed by atoms with van der Waals surface area (Å²) in [6, 6.07) is 27.7. The molecule has 0 aliphatic heterocycles. The average Bonchev–Trinajstić information content (AvgIpc) is 3.26. The first kappa shape index (κ1) is 20.3. The van der Waals surface area contributed by atoms with E-state index in [1.807, 2.05) is 95.5 Å². The number of imidazole rings is 1. The van der Waals surface area contributed by atoms with Crippen LogP contribution in [0.5, 0.6) is 5.75 Å². The molecule has 0 fully saturated rings. The van der Waals surface area contributed by atoms with Crippen LogP contribution in [0, 0.1) is 0 Å². The summed E-state index contributed by atoms with van der Waals surface area (Å²) >= 11 is 0. The molecule has 3 aromatic heterocycles. The first-order chi connectivity index (χ1) is 16.3. The number of hydrogen-bond acceptors (Lipinski definition) is 4. The number of aromatic nitrogens is 3. The van der Waals surface area contributed by atoms with Gasteiger partial charge in [0.1, 0.15) is 23.7 Å². The zero-order valence-corrected chi connectivity index (χ0v) is 17.7. The third-order valence-corrected chi connectivity index (χ3v) is 5.28. The number of nitrogens with zero attached hydrogens (tertiary/aromatic N) is 6. The van der Waals surface area contributed by atoms with Crippen LogP contribution in [0.25, 0.3) is 38.7 Å². The third kappa shape index (κ3) is 4.39. The Balaban J connectivity index is 1.54. The highest BCUT2D eigenvalue weighted by atomic mass is 16.5. The second kappa shape index (κ2) is 9.26. The quantitative estimate of drug-likeness (QED) is 0.168. The van der Waals surface area contributed by atoms with E-state index in [2.05, 4.69) is 15.0 Å². The summed E-state index contributed by atoms with van der Waals surface area (Å²) in [6.45, 7) is 0.785. The molecule has 0 radical (unpaired) electrons. The van der Waals surface area contributed by atoms with Gasteiger partial charge in [0.2, 0.25) is 0 Å². The number of ether oxygens (including phenoxy) is 1. The van der Waals surface area contributed by atoms with Crippen LogP contribution >= 0.6 is 0 Å². The van der Waals surface area contributed by atoms with E-state index in [9.17, 15) is 0 Å². The first-order valence-electron chi connectivity index (χ1n) is 10.5. The molecule has 0 aliphatic carbocycles. The van der Waals surface area contributed by atoms with Gasteiger partial charge in [0.25, 0.3) is 0 Å². The maximum Gasteiger partial charge on any atom is 0.138 e. The Kier molecular flexibility index (Phi) is 5.70. The fourth-order valence-corrected chi connectivity index (χ4v) is 3.70. The summed E-state index contributed by atoms with van der Waals surface area (Å²) in [4.78, 5) is 12.2. The summed E-state index contributed by atoms with van der Waals surface area (Å²) in [5, 5.41) is 3.69. The molecular weight excluding hydrogens is 412 g/mol. The Bertz CT molecular complexity index is 1420. The molecule has 5 rings (SSSR count). The van der Waals surface area contributed by atoms with Crippen molar-refractivity contribution in [3.8, 4) is 28.4 Å². The van der Waals surface area contributed by atoms with Crippen molar-refractivity contribution in [3.63, 3.8) is 0 Å². The van der Waals surface area contributed by atoms with Gasteiger partial charge in [0, 0.05) is 22.9 Å². The van der Waals surface area contributed by atoms with E-state index in [-0.39, 0.29) is 6.54 Å². The Morgan fingerprint density at radius 2 is 1.70 bits per heavy atom. The molecule has 3 heterocycles. The average molecular weight is 432 g/mol. The zero-order valence-electron chi connectivity index (χ0n) is 17.7. The van der Waals surface area contributed by atoms with Crippen LogP contribution in [0.1, 0.15) is 11.1 Å². The third-order valence-electron chi connectivity index (χ3n) is 5.28. The fourth-order valence-electron chi connectivity index (χ4n) is 3.70. The van der Waals surface area contributed by atoms with Gasteiger partial charge in [-0.1, -0.05) is 47.6 Å². The standard InChI is InChI=1S/C26H20N6O/c27-31-29-16-20-9-14-24-30-25(23-8-4-5-15-28-23)26(32(24)17-20)21-10-12-22(13-11-21)33-18-19-6-2-1-3-7-19/h1-15,17H,16,18H2. The van der Waals surface area contributed by atoms with Crippen molar-refractivity contribution in [2.75, 3.05) is 0 Å². The molecule has 2 aromatic carbocycles. The number of pyridine rings is 2. The molecule has 0 atom stereocenters. The molecule has 0 amide bonds. The van der Waals surface area contributed by atoms with Gasteiger partial charge in [0.05, 0.1) is 17.9 Å². The van der Waals surface area contributed by atoms with Crippen LogP contribution in [-0.4, -0.2) is 14.4 Å². The smallest absolute Gasteiger partial charge is 0.138 e. The summed E-state index contributed by atoms with van der Waals surface area (Å²) < 4.78 is 7.97. The lowest BCUT2D eigenvalue weighted by Gasteiger charge is -2.09. The fraction of sp³-hybridized carbons (Fsp3) is 0.0769. The number of benzene rings is 2. The van der Waals surface area contributed by atoms with Crippen molar-refractivity contribution in [1.82, 2.24) is 14.4 Å². The van der Waals surface area contributed by atoms with Crippen molar-refractivity contribution >= 4 is 5.65 Å². The second-order valence-electron chi connectivity index (χ2n) is 7.48. The lowest BCUT2D eigenvalue weighted by molar-refractivity contribution is 0.306. The van der Waals surface area contributed by atoms with Crippen molar-refractivity contribution in [1.29, 1.82) is 0 Å². The van der Waals surface area contributed by atoms with Gasteiger partial charge in [0.15, 0.2) is 0 Å². The molecule has 7 nitrogen and oxygen atoms in total. The van der Waals surface area contributed by atoms with Crippen molar-refractivity contribution in [3.05, 3.63) is 119 Å². The molecule has 7 heteroatoms. The highest BCUT2D eigenvalue weighted by Gasteiger charge is 2.17. The first-order valence-corrected chi connectivity index (χ1v) is 10.5. The minimum absolute atomic E-state index is 0.273. The van der Waals surface area contributed by atoms with Crippen LogP contribution in [0.2, 0.25) is 0 Å². The topological polar surface area (TPSA) is 88.2 Å². The van der Waals surface area contributed by atoms with E-state index >= 15 is 0 Å². The van der Waals surface area contributed by atoms with E-state index in [1.165, 1.54) is 0 Å². The monoisotopic (exact) mass is 432 g/mol. The van der Waals surface area contributed by atoms with Crippen LogP contribution in [0.4, 0.5) is 0 Å². The molecule has 160 valence electrons. The highest BCUT2D eigenvalue weighted by molar-refractivity contribution is 5.80. The summed E-state index contributed by atoms with van der Waals surface area (Å²) in [5.41, 5.74) is 15.0. The van der Waals surface area contributed by atoms with E-state index in [0.29, 0.717) is 6.61 Å². The highest BCUT2D eigenvalue weighted by Crippen LogP contribution is 2.33. The van der Waals surface area contributed by atoms with Crippen molar-refractivity contribution < 1.29 is 4.74 Å². The van der Waals surface area contributed by atoms with Gasteiger partial charge in [-0.25, -0.2) is 4.98 Å². The Hall–Kier alpha value is -4.61. The van der Waals surface area contributed by atoms with E-state index in [0.717, 1.165) is 45.2 Å². The number of fused-ring (bicyclic) bond motifs is 1. The molecular formula is C26H20N6O. The van der Waals surface area contributed by atoms with E-state index in [4.69, 9.17) is 15.3 Å². The van der Waals surface area contributed by atoms with E-state index in [1.54, 1.807) is 6.20 Å². The summed E-state index contributed by atoms with van der Waals surface area (Å²) in [6.07, 6.45) is 3.72. The van der Waals surface area contributed by atoms with Gasteiger partial charge in [-0.05, 0) is 59.1 Å². The second-order valence-corrected chi connectivity index (χ2v) is 7.48. The molecule has 0 aliphatic rings. The Labute approximate surface area is 190 Å². The van der Waals surface area contributed by atoms with Gasteiger partial charge in [-0.15, -0.1) is 0 Å². The van der Waals surface area contributed by atoms with Gasteiger partial charge < -0.3 is 4.74 Å². The van der Waals surface area contributed by atoms with Crippen LogP contribution in [-0.2, 0) is 13.2 Å². The van der Waals surface area contributed by atoms with Gasteiger partial charge in [-0.2, -0.15) is 0 Å². The molecule has 33 heavy (non-hydrogen) atoms. The lowest BCUT2D eigenvalue weighted by Crippen LogP contribution is -1.96. The molecule has 0 unspecified atom stereocenters. The molecule has 0 bridgehead atoms. The maximum absolute atomic E-state index is 8.69. The zero-order chi connectivity index (χ0) is 22.5. The predicted octanol–water partition coefficient (Wildman–Crippen LogP) is 6.45. The summed E-state index contributed by atoms with van der Waals surface area (Å²) in [5.74, 6) is 0.792. The van der Waals surface area contributed by atoms with Gasteiger partial charge in [-0.3, -0.25) is 9.38 Å². The number of azide groups is 1. The van der Waals surface area contributed by atoms with Crippen molar-refractivity contribution in [2.45, 2.75) is 13.2 Å². The Morgan fingerprint density at radius 1 is 0.879 bits per heavy atom. The summed E-state index contributed by atoms with van der Waals surface area (Å²) in [7, 11) is 0. The minimum Gasteiger partial charge on any atom is -0.489 e. The SMILES string of the molecule is [N-]=[N+]=NCc1ccc2nc(-c3ccccn3)c(-c3ccc(OCc4ccccc4)cc3)n2c1. The molecule has 0 saturated heterocycles. The minimum atomic E-state index is 0.273. The van der Waals surface area contributed by atoms with Crippen LogP contribution in [0.3, 0.4) is 0 Å². The molecule has 5 aromatic rings. The van der Waals surface area contributed by atoms with Crippen molar-refractivity contribution in [2.24, 2.45) is 5.11 Å². The van der Waals surface area contributed by atoms with Crippen LogP contribution in [0.15, 0.2) is 102 Å². The van der Waals surface area contributed by atoms with E-state index < -0.39 is 0 Å². The van der Waals surface area contributed by atoms with Gasteiger partial charge >= 0.3 is 0 Å². The lowest BCUT2D eigenvalue weighted by atomic mass is 10.1. The Morgan fingerprint density at radius 3 is 2.45 bits per heavy atom. The number of hydrogen-bond donors (Lipinski definition) is 0. The molecule has 0 N–H and O–H groups in total.